The van der Waals surface area contributed by atoms with Gasteiger partial charge in [0.1, 0.15) is 5.82 Å². The molecule has 1 aliphatic rings. The van der Waals surface area contributed by atoms with Gasteiger partial charge in [0.05, 0.1) is 0 Å². The molecule has 6 heteroatoms. The normalized spacial score (nSPS) is 14.7. The van der Waals surface area contributed by atoms with Crippen LogP contribution in [0, 0.1) is 19.7 Å². The second-order valence-corrected chi connectivity index (χ2v) is 7.38. The molecule has 0 aliphatic carbocycles. The van der Waals surface area contributed by atoms with Crippen molar-refractivity contribution in [3.8, 4) is 0 Å². The van der Waals surface area contributed by atoms with E-state index >= 15 is 0 Å². The average Bonchev–Trinajstić information content (AvgIpc) is 2.65. The Kier molecular flexibility index (Phi) is 6.06. The van der Waals surface area contributed by atoms with Crippen molar-refractivity contribution in [2.24, 2.45) is 0 Å². The number of carbonyl (C=O) groups is 1. The molecule has 27 heavy (non-hydrogen) atoms. The van der Waals surface area contributed by atoms with E-state index in [4.69, 9.17) is 12.2 Å². The summed E-state index contributed by atoms with van der Waals surface area (Å²) in [6.45, 7) is 5.65. The molecule has 3 rings (SSSR count). The third-order valence-corrected chi connectivity index (χ3v) is 5.20. The Labute approximate surface area is 164 Å². The number of rotatable bonds is 3. The topological polar surface area (TPSA) is 44.4 Å². The summed E-state index contributed by atoms with van der Waals surface area (Å²) in [4.78, 5) is 14.4. The monoisotopic (exact) mass is 385 g/mol. The molecule has 4 nitrogen and oxygen atoms in total. The maximum atomic E-state index is 13.3. The number of aryl methyl sites for hydroxylation is 2. The summed E-state index contributed by atoms with van der Waals surface area (Å²) in [7, 11) is 0. The molecule has 1 amide bonds. The first-order chi connectivity index (χ1) is 12.9. The zero-order chi connectivity index (χ0) is 19.4. The number of hydrogen-bond donors (Lipinski definition) is 2. The van der Waals surface area contributed by atoms with Crippen molar-refractivity contribution in [1.82, 2.24) is 10.2 Å². The lowest BCUT2D eigenvalue weighted by Gasteiger charge is -2.34. The van der Waals surface area contributed by atoms with Crippen molar-refractivity contribution in [1.29, 1.82) is 0 Å². The summed E-state index contributed by atoms with van der Waals surface area (Å²) >= 11 is 5.56. The highest BCUT2D eigenvalue weighted by atomic mass is 32.1. The molecule has 1 fully saturated rings. The number of nitrogens with zero attached hydrogens (tertiary/aromatic N) is 1. The van der Waals surface area contributed by atoms with Crippen LogP contribution in [0.1, 0.15) is 34.3 Å². The Bertz CT molecular complexity index is 847. The quantitative estimate of drug-likeness (QED) is 0.783. The molecule has 1 heterocycles. The Morgan fingerprint density at radius 1 is 1.15 bits per heavy atom. The number of carbonyl (C=O) groups excluding carboxylic acids is 1. The molecule has 0 unspecified atom stereocenters. The lowest BCUT2D eigenvalue weighted by molar-refractivity contribution is 0.0922. The zero-order valence-corrected chi connectivity index (χ0v) is 16.4. The number of hydrogen-bond acceptors (Lipinski definition) is 2. The van der Waals surface area contributed by atoms with Crippen molar-refractivity contribution in [2.45, 2.75) is 32.7 Å². The fourth-order valence-corrected chi connectivity index (χ4v) is 3.48. The molecule has 0 saturated carbocycles. The van der Waals surface area contributed by atoms with Crippen molar-refractivity contribution in [2.75, 3.05) is 18.4 Å². The molecular weight excluding hydrogens is 361 g/mol. The number of benzene rings is 2. The second kappa shape index (κ2) is 8.48. The van der Waals surface area contributed by atoms with E-state index < -0.39 is 5.82 Å². The van der Waals surface area contributed by atoms with Crippen molar-refractivity contribution in [3.05, 3.63) is 65.0 Å². The third kappa shape index (κ3) is 5.04. The van der Waals surface area contributed by atoms with Crippen LogP contribution in [0.25, 0.3) is 0 Å². The van der Waals surface area contributed by atoms with Crippen LogP contribution in [0.2, 0.25) is 0 Å². The summed E-state index contributed by atoms with van der Waals surface area (Å²) in [5, 5.41) is 7.04. The smallest absolute Gasteiger partial charge is 0.251 e. The summed E-state index contributed by atoms with van der Waals surface area (Å²) in [6, 6.07) is 12.1. The lowest BCUT2D eigenvalue weighted by Crippen LogP contribution is -2.47. The van der Waals surface area contributed by atoms with Crippen LogP contribution in [0.15, 0.2) is 42.5 Å². The van der Waals surface area contributed by atoms with Crippen LogP contribution in [0.5, 0.6) is 0 Å². The summed E-state index contributed by atoms with van der Waals surface area (Å²) in [5.74, 6) is -0.635. The second-order valence-electron chi connectivity index (χ2n) is 6.99. The standard InChI is InChI=1S/C21H24FN3OS/c1-14-6-7-15(2)19(12-14)24-21(27)25-10-8-18(9-11-25)23-20(26)16-4-3-5-17(22)13-16/h3-7,12-13,18H,8-11H2,1-2H3,(H,23,26)(H,24,27). The molecule has 0 aromatic heterocycles. The van der Waals surface area contributed by atoms with Crippen molar-refractivity contribution < 1.29 is 9.18 Å². The minimum absolute atomic E-state index is 0.0699. The maximum Gasteiger partial charge on any atom is 0.251 e. The van der Waals surface area contributed by atoms with E-state index in [1.165, 1.54) is 17.7 Å². The van der Waals surface area contributed by atoms with Crippen LogP contribution in [0.4, 0.5) is 10.1 Å². The number of nitrogens with one attached hydrogen (secondary N) is 2. The minimum Gasteiger partial charge on any atom is -0.349 e. The van der Waals surface area contributed by atoms with Gasteiger partial charge in [-0.1, -0.05) is 18.2 Å². The van der Waals surface area contributed by atoms with E-state index in [2.05, 4.69) is 47.6 Å². The first-order valence-electron chi connectivity index (χ1n) is 9.12. The van der Waals surface area contributed by atoms with E-state index in [1.807, 2.05) is 0 Å². The number of likely N-dealkylation sites (tertiary alicyclic amines) is 1. The molecule has 1 aliphatic heterocycles. The summed E-state index contributed by atoms with van der Waals surface area (Å²) in [5.41, 5.74) is 3.72. The predicted octanol–water partition coefficient (Wildman–Crippen LogP) is 4.03. The van der Waals surface area contributed by atoms with Crippen LogP contribution in [0.3, 0.4) is 0 Å². The molecule has 0 bridgehead atoms. The van der Waals surface area contributed by atoms with E-state index in [9.17, 15) is 9.18 Å². The van der Waals surface area contributed by atoms with Gasteiger partial charge in [0.2, 0.25) is 0 Å². The highest BCUT2D eigenvalue weighted by Gasteiger charge is 2.23. The zero-order valence-electron chi connectivity index (χ0n) is 15.6. The first-order valence-corrected chi connectivity index (χ1v) is 9.53. The minimum atomic E-state index is -0.402. The number of anilines is 1. The summed E-state index contributed by atoms with van der Waals surface area (Å²) < 4.78 is 13.3. The number of thiocarbonyl (C=S) groups is 1. The molecule has 2 aromatic carbocycles. The number of halogens is 1. The van der Waals surface area contributed by atoms with Gasteiger partial charge in [0, 0.05) is 30.4 Å². The van der Waals surface area contributed by atoms with Crippen LogP contribution >= 0.6 is 12.2 Å². The van der Waals surface area contributed by atoms with Gasteiger partial charge in [-0.05, 0) is 74.3 Å². The highest BCUT2D eigenvalue weighted by molar-refractivity contribution is 7.80. The highest BCUT2D eigenvalue weighted by Crippen LogP contribution is 2.19. The van der Waals surface area contributed by atoms with E-state index in [0.717, 1.165) is 37.2 Å². The fourth-order valence-electron chi connectivity index (χ4n) is 3.19. The van der Waals surface area contributed by atoms with Crippen LogP contribution in [-0.4, -0.2) is 35.1 Å². The molecule has 0 atom stereocenters. The molecule has 2 aromatic rings. The SMILES string of the molecule is Cc1ccc(C)c(NC(=S)N2CCC(NC(=O)c3cccc(F)c3)CC2)c1. The van der Waals surface area contributed by atoms with E-state index in [0.29, 0.717) is 10.7 Å². The molecule has 0 radical (unpaired) electrons. The number of amides is 1. The van der Waals surface area contributed by atoms with Gasteiger partial charge < -0.3 is 15.5 Å². The fraction of sp³-hybridized carbons (Fsp3) is 0.333. The Balaban J connectivity index is 1.51. The van der Waals surface area contributed by atoms with Crippen LogP contribution in [-0.2, 0) is 0 Å². The largest absolute Gasteiger partial charge is 0.349 e. The number of piperidine rings is 1. The van der Waals surface area contributed by atoms with Gasteiger partial charge >= 0.3 is 0 Å². The van der Waals surface area contributed by atoms with Gasteiger partial charge in [-0.2, -0.15) is 0 Å². The lowest BCUT2D eigenvalue weighted by atomic mass is 10.0. The molecular formula is C21H24FN3OS. The van der Waals surface area contributed by atoms with Crippen LogP contribution < -0.4 is 10.6 Å². The molecule has 2 N–H and O–H groups in total. The van der Waals surface area contributed by atoms with Gasteiger partial charge in [0.25, 0.3) is 5.91 Å². The Morgan fingerprint density at radius 2 is 1.89 bits per heavy atom. The average molecular weight is 386 g/mol. The third-order valence-electron chi connectivity index (χ3n) is 4.84. The van der Waals surface area contributed by atoms with Crippen molar-refractivity contribution >= 4 is 28.9 Å². The van der Waals surface area contributed by atoms with E-state index in [1.54, 1.807) is 12.1 Å². The van der Waals surface area contributed by atoms with Gasteiger partial charge in [0.15, 0.2) is 5.11 Å². The first kappa shape index (κ1) is 19.3. The van der Waals surface area contributed by atoms with Gasteiger partial charge in [-0.25, -0.2) is 4.39 Å². The van der Waals surface area contributed by atoms with Gasteiger partial charge in [-0.15, -0.1) is 0 Å². The predicted molar refractivity (Wildman–Crippen MR) is 111 cm³/mol. The Morgan fingerprint density at radius 3 is 2.59 bits per heavy atom. The van der Waals surface area contributed by atoms with E-state index in [-0.39, 0.29) is 11.9 Å². The summed E-state index contributed by atoms with van der Waals surface area (Å²) in [6.07, 6.45) is 1.60. The molecule has 1 saturated heterocycles. The molecule has 142 valence electrons. The van der Waals surface area contributed by atoms with Gasteiger partial charge in [-0.3, -0.25) is 4.79 Å². The maximum absolute atomic E-state index is 13.3. The van der Waals surface area contributed by atoms with Crippen molar-refractivity contribution in [3.63, 3.8) is 0 Å². The Hall–Kier alpha value is -2.47. The molecule has 0 spiro atoms.